The summed E-state index contributed by atoms with van der Waals surface area (Å²) in [5.41, 5.74) is 2.18. The predicted molar refractivity (Wildman–Crippen MR) is 55.0 cm³/mol. The largest absolute Gasteiger partial charge is 0.497 e. The normalized spacial score (nSPS) is 10.0. The van der Waals surface area contributed by atoms with Crippen LogP contribution in [0.1, 0.15) is 11.1 Å². The maximum absolute atomic E-state index is 5.24. The van der Waals surface area contributed by atoms with Gasteiger partial charge in [0.05, 0.1) is 20.8 Å². The number of hydrogen-bond donors (Lipinski definition) is 0. The van der Waals surface area contributed by atoms with Gasteiger partial charge in [0.2, 0.25) is 0 Å². The molecule has 1 aromatic rings. The lowest BCUT2D eigenvalue weighted by molar-refractivity contribution is 0.183. The van der Waals surface area contributed by atoms with Gasteiger partial charge in [0.1, 0.15) is 11.5 Å². The highest BCUT2D eigenvalue weighted by Gasteiger charge is 2.07. The van der Waals surface area contributed by atoms with E-state index in [1.54, 1.807) is 21.3 Å². The number of ether oxygens (including phenoxy) is 3. The molecule has 0 aliphatic rings. The molecule has 0 amide bonds. The van der Waals surface area contributed by atoms with Crippen molar-refractivity contribution in [3.63, 3.8) is 0 Å². The molecule has 0 aliphatic heterocycles. The second-order valence-electron chi connectivity index (χ2n) is 3.05. The second-order valence-corrected chi connectivity index (χ2v) is 3.05. The molecule has 0 aliphatic carbocycles. The summed E-state index contributed by atoms with van der Waals surface area (Å²) in [4.78, 5) is 0. The summed E-state index contributed by atoms with van der Waals surface area (Å²) in [6, 6.07) is 3.83. The first kappa shape index (κ1) is 10.9. The van der Waals surface area contributed by atoms with Crippen LogP contribution in [0, 0.1) is 6.92 Å². The fourth-order valence-corrected chi connectivity index (χ4v) is 1.35. The highest BCUT2D eigenvalue weighted by Crippen LogP contribution is 2.28. The Morgan fingerprint density at radius 2 is 1.79 bits per heavy atom. The quantitative estimate of drug-likeness (QED) is 0.738. The molecule has 14 heavy (non-hydrogen) atoms. The van der Waals surface area contributed by atoms with Gasteiger partial charge in [-0.3, -0.25) is 0 Å². The molecule has 0 saturated heterocycles. The third kappa shape index (κ3) is 2.17. The standard InChI is InChI=1S/C11H16O3/c1-8-9(7-12-2)5-10(13-3)6-11(8)14-4/h5-6H,7H2,1-4H3. The Kier molecular flexibility index (Phi) is 3.77. The predicted octanol–water partition coefficient (Wildman–Crippen LogP) is 2.16. The second kappa shape index (κ2) is 4.86. The average molecular weight is 196 g/mol. The Balaban J connectivity index is 3.12. The van der Waals surface area contributed by atoms with Crippen molar-refractivity contribution in [1.29, 1.82) is 0 Å². The van der Waals surface area contributed by atoms with Crippen molar-refractivity contribution in [2.45, 2.75) is 13.5 Å². The molecule has 3 heteroatoms. The van der Waals surface area contributed by atoms with Gasteiger partial charge in [-0.25, -0.2) is 0 Å². The van der Waals surface area contributed by atoms with E-state index in [0.717, 1.165) is 22.6 Å². The fraction of sp³-hybridized carbons (Fsp3) is 0.455. The van der Waals surface area contributed by atoms with Crippen molar-refractivity contribution in [3.05, 3.63) is 23.3 Å². The van der Waals surface area contributed by atoms with Crippen molar-refractivity contribution in [2.24, 2.45) is 0 Å². The lowest BCUT2D eigenvalue weighted by Gasteiger charge is -2.12. The molecule has 1 aromatic carbocycles. The van der Waals surface area contributed by atoms with E-state index in [9.17, 15) is 0 Å². The molecule has 0 spiro atoms. The lowest BCUT2D eigenvalue weighted by Crippen LogP contribution is -1.97. The van der Waals surface area contributed by atoms with E-state index in [2.05, 4.69) is 0 Å². The third-order valence-corrected chi connectivity index (χ3v) is 2.20. The van der Waals surface area contributed by atoms with E-state index in [1.807, 2.05) is 19.1 Å². The van der Waals surface area contributed by atoms with Crippen LogP contribution in [0.15, 0.2) is 12.1 Å². The summed E-state index contributed by atoms with van der Waals surface area (Å²) >= 11 is 0. The van der Waals surface area contributed by atoms with Crippen LogP contribution in [0.5, 0.6) is 11.5 Å². The van der Waals surface area contributed by atoms with Crippen LogP contribution < -0.4 is 9.47 Å². The molecule has 0 fully saturated rings. The fourth-order valence-electron chi connectivity index (χ4n) is 1.35. The molecule has 78 valence electrons. The topological polar surface area (TPSA) is 27.7 Å². The Labute approximate surface area is 84.6 Å². The van der Waals surface area contributed by atoms with Crippen LogP contribution in [0.3, 0.4) is 0 Å². The molecule has 3 nitrogen and oxygen atoms in total. The van der Waals surface area contributed by atoms with Gasteiger partial charge in [0.15, 0.2) is 0 Å². The summed E-state index contributed by atoms with van der Waals surface area (Å²) in [5.74, 6) is 1.62. The van der Waals surface area contributed by atoms with Crippen molar-refractivity contribution in [3.8, 4) is 11.5 Å². The zero-order chi connectivity index (χ0) is 10.6. The van der Waals surface area contributed by atoms with E-state index in [-0.39, 0.29) is 0 Å². The molecule has 1 rings (SSSR count). The Hall–Kier alpha value is -1.22. The average Bonchev–Trinajstić information content (AvgIpc) is 2.21. The van der Waals surface area contributed by atoms with Crippen LogP contribution in [-0.4, -0.2) is 21.3 Å². The van der Waals surface area contributed by atoms with E-state index in [0.29, 0.717) is 6.61 Å². The van der Waals surface area contributed by atoms with Crippen molar-refractivity contribution in [2.75, 3.05) is 21.3 Å². The molecular formula is C11H16O3. The smallest absolute Gasteiger partial charge is 0.125 e. The van der Waals surface area contributed by atoms with Gasteiger partial charge < -0.3 is 14.2 Å². The minimum Gasteiger partial charge on any atom is -0.497 e. The molecule has 0 bridgehead atoms. The number of benzene rings is 1. The molecule has 0 aromatic heterocycles. The number of methoxy groups -OCH3 is 3. The van der Waals surface area contributed by atoms with Crippen molar-refractivity contribution < 1.29 is 14.2 Å². The Morgan fingerprint density at radius 1 is 1.07 bits per heavy atom. The van der Waals surface area contributed by atoms with Gasteiger partial charge in [-0.05, 0) is 24.1 Å². The molecule has 0 saturated carbocycles. The van der Waals surface area contributed by atoms with Gasteiger partial charge in [-0.1, -0.05) is 0 Å². The minimum atomic E-state index is 0.569. The summed E-state index contributed by atoms with van der Waals surface area (Å²) < 4.78 is 15.5. The monoisotopic (exact) mass is 196 g/mol. The summed E-state index contributed by atoms with van der Waals surface area (Å²) in [6.07, 6.45) is 0. The minimum absolute atomic E-state index is 0.569. The zero-order valence-electron chi connectivity index (χ0n) is 9.09. The van der Waals surface area contributed by atoms with Gasteiger partial charge in [-0.2, -0.15) is 0 Å². The van der Waals surface area contributed by atoms with Crippen LogP contribution >= 0.6 is 0 Å². The van der Waals surface area contributed by atoms with Gasteiger partial charge >= 0.3 is 0 Å². The highest BCUT2D eigenvalue weighted by atomic mass is 16.5. The number of rotatable bonds is 4. The van der Waals surface area contributed by atoms with E-state index in [1.165, 1.54) is 0 Å². The third-order valence-electron chi connectivity index (χ3n) is 2.20. The summed E-state index contributed by atoms with van der Waals surface area (Å²) in [7, 11) is 4.96. The molecule has 0 unspecified atom stereocenters. The maximum atomic E-state index is 5.24. The van der Waals surface area contributed by atoms with Gasteiger partial charge in [-0.15, -0.1) is 0 Å². The first-order valence-corrected chi connectivity index (χ1v) is 4.43. The van der Waals surface area contributed by atoms with E-state index < -0.39 is 0 Å². The first-order valence-electron chi connectivity index (χ1n) is 4.43. The SMILES string of the molecule is COCc1cc(OC)cc(OC)c1C. The van der Waals surface area contributed by atoms with Crippen LogP contribution in [0.4, 0.5) is 0 Å². The summed E-state index contributed by atoms with van der Waals surface area (Å²) in [6.45, 7) is 2.58. The van der Waals surface area contributed by atoms with Crippen LogP contribution in [0.2, 0.25) is 0 Å². The van der Waals surface area contributed by atoms with Crippen molar-refractivity contribution in [1.82, 2.24) is 0 Å². The molecule has 0 radical (unpaired) electrons. The molecule has 0 N–H and O–H groups in total. The molecular weight excluding hydrogens is 180 g/mol. The lowest BCUT2D eigenvalue weighted by atomic mass is 10.1. The Morgan fingerprint density at radius 3 is 2.29 bits per heavy atom. The van der Waals surface area contributed by atoms with Gasteiger partial charge in [0, 0.05) is 13.2 Å². The maximum Gasteiger partial charge on any atom is 0.125 e. The summed E-state index contributed by atoms with van der Waals surface area (Å²) in [5, 5.41) is 0. The first-order chi connectivity index (χ1) is 6.72. The Bertz CT molecular complexity index is 308. The van der Waals surface area contributed by atoms with Crippen LogP contribution in [0.25, 0.3) is 0 Å². The molecule has 0 heterocycles. The van der Waals surface area contributed by atoms with Crippen LogP contribution in [-0.2, 0) is 11.3 Å². The molecule has 0 atom stereocenters. The zero-order valence-corrected chi connectivity index (χ0v) is 9.09. The van der Waals surface area contributed by atoms with Crippen molar-refractivity contribution >= 4 is 0 Å². The van der Waals surface area contributed by atoms with Gasteiger partial charge in [0.25, 0.3) is 0 Å². The van der Waals surface area contributed by atoms with E-state index >= 15 is 0 Å². The highest BCUT2D eigenvalue weighted by molar-refractivity contribution is 5.45. The number of hydrogen-bond acceptors (Lipinski definition) is 3. The van der Waals surface area contributed by atoms with E-state index in [4.69, 9.17) is 14.2 Å².